The highest BCUT2D eigenvalue weighted by molar-refractivity contribution is 4.91. The van der Waals surface area contributed by atoms with Crippen LogP contribution in [-0.2, 0) is 4.74 Å². The largest absolute Gasteiger partial charge is 0.395 e. The molecular formula is C10H21NO5. The van der Waals surface area contributed by atoms with Crippen molar-refractivity contribution in [2.45, 2.75) is 43.8 Å². The maximum Gasteiger partial charge on any atom is 0.111 e. The summed E-state index contributed by atoms with van der Waals surface area (Å²) in [6.45, 7) is 1.98. The molecule has 1 saturated heterocycles. The Bertz CT molecular complexity index is 200. The number of nitrogens with one attached hydrogen (secondary N) is 1. The van der Waals surface area contributed by atoms with Crippen molar-refractivity contribution in [1.82, 2.24) is 5.32 Å². The van der Waals surface area contributed by atoms with Crippen LogP contribution in [0, 0.1) is 0 Å². The summed E-state index contributed by atoms with van der Waals surface area (Å²) < 4.78 is 5.28. The second kappa shape index (κ2) is 6.48. The number of hydrogen-bond acceptors (Lipinski definition) is 6. The highest BCUT2D eigenvalue weighted by atomic mass is 16.6. The molecule has 5 atom stereocenters. The average Bonchev–Trinajstić information content (AvgIpc) is 2.58. The van der Waals surface area contributed by atoms with E-state index in [9.17, 15) is 10.2 Å². The summed E-state index contributed by atoms with van der Waals surface area (Å²) in [5, 5.41) is 40.0. The van der Waals surface area contributed by atoms with Gasteiger partial charge in [0.25, 0.3) is 0 Å². The lowest BCUT2D eigenvalue weighted by Gasteiger charge is -2.19. The number of rotatable bonds is 6. The van der Waals surface area contributed by atoms with Gasteiger partial charge in [-0.1, -0.05) is 6.92 Å². The Hall–Kier alpha value is -0.240. The maximum atomic E-state index is 9.63. The van der Waals surface area contributed by atoms with E-state index in [1.165, 1.54) is 0 Å². The van der Waals surface area contributed by atoms with E-state index in [0.29, 0.717) is 6.54 Å². The van der Waals surface area contributed by atoms with Crippen molar-refractivity contribution in [3.8, 4) is 0 Å². The molecule has 0 aromatic carbocycles. The molecule has 6 nitrogen and oxygen atoms in total. The Morgan fingerprint density at radius 3 is 2.25 bits per heavy atom. The zero-order valence-corrected chi connectivity index (χ0v) is 9.41. The molecule has 6 heteroatoms. The number of hydrogen-bond donors (Lipinski definition) is 5. The SMILES string of the molecule is CCC(CO)NC[C@@H]1O[C@H](CO)[C@@H](O)[C@@H]1O. The van der Waals surface area contributed by atoms with E-state index < -0.39 is 24.4 Å². The molecule has 0 bridgehead atoms. The number of ether oxygens (including phenoxy) is 1. The molecule has 5 N–H and O–H groups in total. The summed E-state index contributed by atoms with van der Waals surface area (Å²) in [5.41, 5.74) is 0. The molecule has 16 heavy (non-hydrogen) atoms. The molecule has 0 radical (unpaired) electrons. The lowest BCUT2D eigenvalue weighted by atomic mass is 10.1. The predicted molar refractivity (Wildman–Crippen MR) is 56.9 cm³/mol. The minimum atomic E-state index is -1.05. The molecule has 1 heterocycles. The molecule has 0 aromatic rings. The first-order chi connectivity index (χ1) is 7.63. The molecule has 1 rings (SSSR count). The van der Waals surface area contributed by atoms with E-state index in [-0.39, 0.29) is 19.3 Å². The van der Waals surface area contributed by atoms with Crippen molar-refractivity contribution in [3.63, 3.8) is 0 Å². The molecule has 0 amide bonds. The zero-order chi connectivity index (χ0) is 12.1. The molecule has 1 unspecified atom stereocenters. The van der Waals surface area contributed by atoms with Crippen LogP contribution in [0.4, 0.5) is 0 Å². The van der Waals surface area contributed by atoms with Gasteiger partial charge in [0, 0.05) is 12.6 Å². The van der Waals surface area contributed by atoms with E-state index in [4.69, 9.17) is 14.9 Å². The van der Waals surface area contributed by atoms with Crippen molar-refractivity contribution in [2.75, 3.05) is 19.8 Å². The minimum absolute atomic E-state index is 0.0191. The Morgan fingerprint density at radius 1 is 1.19 bits per heavy atom. The van der Waals surface area contributed by atoms with Crippen LogP contribution in [0.15, 0.2) is 0 Å². The third-order valence-corrected chi connectivity index (χ3v) is 2.96. The molecule has 96 valence electrons. The van der Waals surface area contributed by atoms with Crippen LogP contribution in [0.2, 0.25) is 0 Å². The van der Waals surface area contributed by atoms with Crippen LogP contribution < -0.4 is 5.32 Å². The monoisotopic (exact) mass is 235 g/mol. The van der Waals surface area contributed by atoms with Gasteiger partial charge in [-0.3, -0.25) is 0 Å². The second-order valence-corrected chi connectivity index (χ2v) is 4.07. The van der Waals surface area contributed by atoms with Crippen LogP contribution in [0.25, 0.3) is 0 Å². The minimum Gasteiger partial charge on any atom is -0.395 e. The maximum absolute atomic E-state index is 9.63. The van der Waals surface area contributed by atoms with E-state index in [0.717, 1.165) is 6.42 Å². The first-order valence-electron chi connectivity index (χ1n) is 5.60. The van der Waals surface area contributed by atoms with Crippen LogP contribution in [0.3, 0.4) is 0 Å². The molecule has 0 aromatic heterocycles. The summed E-state index contributed by atoms with van der Waals surface area (Å²) in [7, 11) is 0. The van der Waals surface area contributed by atoms with Gasteiger partial charge in [-0.15, -0.1) is 0 Å². The highest BCUT2D eigenvalue weighted by Crippen LogP contribution is 2.20. The van der Waals surface area contributed by atoms with Crippen molar-refractivity contribution < 1.29 is 25.2 Å². The fraction of sp³-hybridized carbons (Fsp3) is 1.00. The van der Waals surface area contributed by atoms with Gasteiger partial charge in [-0.2, -0.15) is 0 Å². The third-order valence-electron chi connectivity index (χ3n) is 2.96. The van der Waals surface area contributed by atoms with Gasteiger partial charge in [-0.05, 0) is 6.42 Å². The fourth-order valence-corrected chi connectivity index (χ4v) is 1.77. The van der Waals surface area contributed by atoms with Crippen LogP contribution in [0.1, 0.15) is 13.3 Å². The number of aliphatic hydroxyl groups excluding tert-OH is 4. The van der Waals surface area contributed by atoms with Gasteiger partial charge in [0.1, 0.15) is 18.3 Å². The zero-order valence-electron chi connectivity index (χ0n) is 9.41. The smallest absolute Gasteiger partial charge is 0.111 e. The lowest BCUT2D eigenvalue weighted by molar-refractivity contribution is -0.0223. The van der Waals surface area contributed by atoms with Gasteiger partial charge in [0.05, 0.1) is 19.3 Å². The first kappa shape index (κ1) is 13.8. The standard InChI is InChI=1S/C10H21NO5/c1-2-6(4-12)11-3-7-9(14)10(15)8(5-13)16-7/h6-15H,2-5H2,1H3/t6?,7-,8+,9+,10+/m0/s1. The van der Waals surface area contributed by atoms with E-state index in [1.54, 1.807) is 0 Å². The van der Waals surface area contributed by atoms with Crippen molar-refractivity contribution in [3.05, 3.63) is 0 Å². The van der Waals surface area contributed by atoms with Gasteiger partial charge < -0.3 is 30.5 Å². The molecule has 1 fully saturated rings. The van der Waals surface area contributed by atoms with Crippen LogP contribution >= 0.6 is 0 Å². The second-order valence-electron chi connectivity index (χ2n) is 4.07. The van der Waals surface area contributed by atoms with Crippen LogP contribution in [0.5, 0.6) is 0 Å². The third kappa shape index (κ3) is 3.13. The highest BCUT2D eigenvalue weighted by Gasteiger charge is 2.41. The molecule has 1 aliphatic rings. The van der Waals surface area contributed by atoms with Gasteiger partial charge in [0.15, 0.2) is 0 Å². The fourth-order valence-electron chi connectivity index (χ4n) is 1.77. The summed E-state index contributed by atoms with van der Waals surface area (Å²) in [5.74, 6) is 0. The Morgan fingerprint density at radius 2 is 1.81 bits per heavy atom. The summed E-state index contributed by atoms with van der Waals surface area (Å²) in [6.07, 6.45) is -2.55. The molecule has 0 aliphatic carbocycles. The normalized spacial score (nSPS) is 36.6. The van der Waals surface area contributed by atoms with E-state index >= 15 is 0 Å². The summed E-state index contributed by atoms with van der Waals surface area (Å²) in [6, 6.07) is -0.0406. The predicted octanol–water partition coefficient (Wildman–Crippen LogP) is -2.17. The Balaban J connectivity index is 2.38. The lowest BCUT2D eigenvalue weighted by Crippen LogP contribution is -2.42. The van der Waals surface area contributed by atoms with Crippen molar-refractivity contribution >= 4 is 0 Å². The van der Waals surface area contributed by atoms with Gasteiger partial charge in [-0.25, -0.2) is 0 Å². The first-order valence-corrected chi connectivity index (χ1v) is 5.60. The van der Waals surface area contributed by atoms with Crippen molar-refractivity contribution in [2.24, 2.45) is 0 Å². The van der Waals surface area contributed by atoms with Crippen LogP contribution in [-0.4, -0.2) is 70.6 Å². The van der Waals surface area contributed by atoms with Gasteiger partial charge >= 0.3 is 0 Å². The molecule has 0 saturated carbocycles. The molecule has 0 spiro atoms. The molecular weight excluding hydrogens is 214 g/mol. The topological polar surface area (TPSA) is 102 Å². The quantitative estimate of drug-likeness (QED) is 0.359. The van der Waals surface area contributed by atoms with Gasteiger partial charge in [0.2, 0.25) is 0 Å². The van der Waals surface area contributed by atoms with E-state index in [1.807, 2.05) is 6.92 Å². The van der Waals surface area contributed by atoms with Crippen molar-refractivity contribution in [1.29, 1.82) is 0 Å². The summed E-state index contributed by atoms with van der Waals surface area (Å²) >= 11 is 0. The summed E-state index contributed by atoms with van der Waals surface area (Å²) in [4.78, 5) is 0. The Kier molecular flexibility index (Phi) is 5.60. The van der Waals surface area contributed by atoms with E-state index in [2.05, 4.69) is 5.32 Å². The average molecular weight is 235 g/mol. The molecule has 1 aliphatic heterocycles. The number of aliphatic hydroxyl groups is 4. The Labute approximate surface area is 94.9 Å².